The lowest BCUT2D eigenvalue weighted by Crippen LogP contribution is -2.41. The molecule has 0 spiro atoms. The summed E-state index contributed by atoms with van der Waals surface area (Å²) in [5, 5.41) is 2.45. The number of ether oxygens (including phenoxy) is 1. The molecule has 52 heavy (non-hydrogen) atoms. The number of alkyl halides is 6. The third-order valence-corrected chi connectivity index (χ3v) is 9.07. The smallest absolute Gasteiger partial charge is 0.377 e. The number of hydrogen-bond donors (Lipinski definition) is 1. The Morgan fingerprint density at radius 1 is 0.923 bits per heavy atom. The van der Waals surface area contributed by atoms with E-state index >= 15 is 4.39 Å². The minimum Gasteiger partial charge on any atom is -0.377 e. The van der Waals surface area contributed by atoms with Gasteiger partial charge in [0.25, 0.3) is 5.56 Å². The number of amides is 1. The van der Waals surface area contributed by atoms with Gasteiger partial charge in [-0.15, -0.1) is 0 Å². The number of Topliss-reactive ketones (excluding diaryl/α,β-unsaturated/α-hetero) is 1. The van der Waals surface area contributed by atoms with Crippen LogP contribution in [0.15, 0.2) is 41.3 Å². The van der Waals surface area contributed by atoms with Crippen molar-refractivity contribution in [2.45, 2.75) is 77.8 Å². The Morgan fingerprint density at radius 3 is 2.06 bits per heavy atom. The fourth-order valence-electron chi connectivity index (χ4n) is 6.55. The maximum atomic E-state index is 16.0. The lowest BCUT2D eigenvalue weighted by atomic mass is 9.89. The molecule has 2 aromatic carbocycles. The molecule has 1 aliphatic heterocycles. The molecule has 1 amide bonds. The zero-order chi connectivity index (χ0) is 38.7. The topological polar surface area (TPSA) is 80.6 Å². The first-order valence-electron chi connectivity index (χ1n) is 16.7. The molecule has 15 heteroatoms. The van der Waals surface area contributed by atoms with Gasteiger partial charge in [-0.05, 0) is 104 Å². The van der Waals surface area contributed by atoms with Crippen molar-refractivity contribution in [3.63, 3.8) is 0 Å². The fourth-order valence-corrected chi connectivity index (χ4v) is 6.55. The summed E-state index contributed by atoms with van der Waals surface area (Å²) in [6.07, 6.45) is -9.16. The zero-order valence-electron chi connectivity index (χ0n) is 29.4. The summed E-state index contributed by atoms with van der Waals surface area (Å²) < 4.78 is 121. The van der Waals surface area contributed by atoms with Gasteiger partial charge in [0, 0.05) is 37.9 Å². The van der Waals surface area contributed by atoms with Crippen LogP contribution in [0.25, 0.3) is 11.1 Å². The highest BCUT2D eigenvalue weighted by Crippen LogP contribution is 2.40. The van der Waals surface area contributed by atoms with Crippen LogP contribution < -0.4 is 10.9 Å². The lowest BCUT2D eigenvalue weighted by Gasteiger charge is -2.31. The van der Waals surface area contributed by atoms with Gasteiger partial charge < -0.3 is 19.5 Å². The summed E-state index contributed by atoms with van der Waals surface area (Å²) in [7, 11) is 1.18. The second-order valence-corrected chi connectivity index (χ2v) is 13.6. The Bertz CT molecular complexity index is 1820. The Morgan fingerprint density at radius 2 is 1.54 bits per heavy atom. The van der Waals surface area contributed by atoms with Crippen LogP contribution in [0, 0.1) is 31.4 Å². The molecule has 0 radical (unpaired) electrons. The first-order chi connectivity index (χ1) is 24.2. The molecule has 1 saturated heterocycles. The highest BCUT2D eigenvalue weighted by atomic mass is 19.4. The Labute approximate surface area is 296 Å². The number of methoxy groups -OCH3 is 1. The Hall–Kier alpha value is -4.11. The monoisotopic (exact) mass is 743 g/mol. The van der Waals surface area contributed by atoms with E-state index < -0.39 is 83.0 Å². The summed E-state index contributed by atoms with van der Waals surface area (Å²) in [6, 6.07) is 0.964. The van der Waals surface area contributed by atoms with E-state index in [0.29, 0.717) is 25.2 Å². The summed E-state index contributed by atoms with van der Waals surface area (Å²) in [5.41, 5.74) is -4.47. The SMILES string of the molecule is COCC(=O)C[C@H](NC(=O)C(CC(C)C)n1cc(CCN2CCC2)c(C(F)(F)F)cc1=O)c1cc(-c2c(C)cc(F)cc2C)cc(C(F)(F)F)c1F. The lowest BCUT2D eigenvalue weighted by molar-refractivity contribution is -0.140. The number of pyridine rings is 1. The molecule has 4 rings (SSSR count). The van der Waals surface area contributed by atoms with E-state index in [2.05, 4.69) is 5.32 Å². The average molecular weight is 744 g/mol. The fraction of sp³-hybridized carbons (Fsp3) is 0.486. The number of nitrogens with zero attached hydrogens (tertiary/aromatic N) is 2. The van der Waals surface area contributed by atoms with Crippen molar-refractivity contribution in [3.8, 4) is 11.1 Å². The van der Waals surface area contributed by atoms with E-state index in [4.69, 9.17) is 4.74 Å². The maximum Gasteiger partial charge on any atom is 0.419 e. The number of aromatic nitrogens is 1. The van der Waals surface area contributed by atoms with Crippen LogP contribution in [0.3, 0.4) is 0 Å². The number of rotatable bonds is 14. The van der Waals surface area contributed by atoms with E-state index in [1.807, 2.05) is 4.90 Å². The quantitative estimate of drug-likeness (QED) is 0.171. The van der Waals surface area contributed by atoms with Gasteiger partial charge in [-0.2, -0.15) is 26.3 Å². The van der Waals surface area contributed by atoms with Crippen molar-refractivity contribution in [2.24, 2.45) is 5.92 Å². The molecule has 284 valence electrons. The molecule has 0 saturated carbocycles. The minimum absolute atomic E-state index is 0.0836. The second-order valence-electron chi connectivity index (χ2n) is 13.6. The first-order valence-corrected chi connectivity index (χ1v) is 16.7. The van der Waals surface area contributed by atoms with Gasteiger partial charge in [-0.1, -0.05) is 13.8 Å². The van der Waals surface area contributed by atoms with E-state index in [0.717, 1.165) is 35.4 Å². The molecular formula is C37H41F8N3O4. The molecule has 2 heterocycles. The van der Waals surface area contributed by atoms with Crippen LogP contribution in [0.5, 0.6) is 0 Å². The number of aryl methyl sites for hydroxylation is 2. The average Bonchev–Trinajstić information content (AvgIpc) is 2.98. The molecular weight excluding hydrogens is 702 g/mol. The Kier molecular flexibility index (Phi) is 12.7. The van der Waals surface area contributed by atoms with Crippen molar-refractivity contribution in [1.82, 2.24) is 14.8 Å². The van der Waals surface area contributed by atoms with Gasteiger partial charge >= 0.3 is 12.4 Å². The summed E-state index contributed by atoms with van der Waals surface area (Å²) in [4.78, 5) is 42.2. The summed E-state index contributed by atoms with van der Waals surface area (Å²) >= 11 is 0. The molecule has 1 N–H and O–H groups in total. The van der Waals surface area contributed by atoms with Gasteiger partial charge in [-0.3, -0.25) is 14.4 Å². The summed E-state index contributed by atoms with van der Waals surface area (Å²) in [5.74, 6) is -4.51. The number of hydrogen-bond acceptors (Lipinski definition) is 5. The van der Waals surface area contributed by atoms with Crippen LogP contribution in [-0.2, 0) is 33.1 Å². The highest BCUT2D eigenvalue weighted by molar-refractivity contribution is 5.84. The molecule has 2 atom stereocenters. The first kappa shape index (κ1) is 40.7. The maximum absolute atomic E-state index is 16.0. The van der Waals surface area contributed by atoms with E-state index in [1.165, 1.54) is 21.0 Å². The normalized spacial score (nSPS) is 15.0. The number of carbonyl (C=O) groups excluding carboxylic acids is 2. The van der Waals surface area contributed by atoms with Gasteiger partial charge in [0.15, 0.2) is 5.78 Å². The zero-order valence-corrected chi connectivity index (χ0v) is 29.4. The van der Waals surface area contributed by atoms with Crippen molar-refractivity contribution in [1.29, 1.82) is 0 Å². The number of likely N-dealkylation sites (tertiary alicyclic amines) is 1. The van der Waals surface area contributed by atoms with E-state index in [-0.39, 0.29) is 53.1 Å². The summed E-state index contributed by atoms with van der Waals surface area (Å²) in [6.45, 7) is 7.43. The van der Waals surface area contributed by atoms with Crippen LogP contribution in [0.1, 0.15) is 78.6 Å². The van der Waals surface area contributed by atoms with Gasteiger partial charge in [0.05, 0.1) is 17.2 Å². The predicted molar refractivity (Wildman–Crippen MR) is 178 cm³/mol. The molecule has 0 bridgehead atoms. The molecule has 3 aromatic rings. The molecule has 1 fully saturated rings. The molecule has 1 unspecified atom stereocenters. The molecule has 0 aliphatic carbocycles. The number of nitrogens with one attached hydrogen (secondary N) is 1. The molecule has 1 aromatic heterocycles. The standard InChI is InChI=1S/C37H41F8N3O4/c1-20(2)11-31(48-18-23(7-10-47-8-6-9-47)28(17-32(48)50)36(40,41)42)35(51)46-30(16-26(49)19-52-5)27-14-24(15-29(34(27)39)37(43,44)45)33-21(3)12-25(38)13-22(33)4/h12-15,17-18,20,30-31H,6-11,16,19H2,1-5H3,(H,46,51)/t30-,31?/m0/s1. The van der Waals surface area contributed by atoms with Crippen LogP contribution in [0.2, 0.25) is 0 Å². The predicted octanol–water partition coefficient (Wildman–Crippen LogP) is 7.75. The number of benzene rings is 2. The van der Waals surface area contributed by atoms with Gasteiger partial charge in [0.1, 0.15) is 24.3 Å². The Balaban J connectivity index is 1.87. The van der Waals surface area contributed by atoms with Crippen LogP contribution in [-0.4, -0.2) is 54.5 Å². The number of halogens is 8. The van der Waals surface area contributed by atoms with Crippen molar-refractivity contribution in [3.05, 3.63) is 91.9 Å². The van der Waals surface area contributed by atoms with Crippen LogP contribution >= 0.6 is 0 Å². The van der Waals surface area contributed by atoms with Gasteiger partial charge in [0.2, 0.25) is 5.91 Å². The number of ketones is 1. The third kappa shape index (κ3) is 9.65. The van der Waals surface area contributed by atoms with Gasteiger partial charge in [-0.25, -0.2) is 8.78 Å². The van der Waals surface area contributed by atoms with E-state index in [9.17, 15) is 45.1 Å². The highest BCUT2D eigenvalue weighted by Gasteiger charge is 2.39. The largest absolute Gasteiger partial charge is 0.419 e. The van der Waals surface area contributed by atoms with Crippen molar-refractivity contribution < 1.29 is 49.4 Å². The second kappa shape index (κ2) is 16.3. The van der Waals surface area contributed by atoms with E-state index in [1.54, 1.807) is 13.8 Å². The van der Waals surface area contributed by atoms with Crippen molar-refractivity contribution in [2.75, 3.05) is 33.4 Å². The van der Waals surface area contributed by atoms with Crippen molar-refractivity contribution >= 4 is 11.7 Å². The van der Waals surface area contributed by atoms with Crippen LogP contribution in [0.4, 0.5) is 35.1 Å². The minimum atomic E-state index is -5.23. The number of carbonyl (C=O) groups is 2. The third-order valence-electron chi connectivity index (χ3n) is 9.07. The molecule has 7 nitrogen and oxygen atoms in total. The molecule has 1 aliphatic rings.